The lowest BCUT2D eigenvalue weighted by Crippen LogP contribution is -2.48. The number of tetrazole rings is 1. The molecule has 0 atom stereocenters. The number of benzene rings is 2. The summed E-state index contributed by atoms with van der Waals surface area (Å²) in [5, 5.41) is 22.4. The molecule has 1 saturated heterocycles. The molecule has 4 aromatic rings. The fourth-order valence-electron chi connectivity index (χ4n) is 4.80. The minimum Gasteiger partial charge on any atom is -0.482 e. The van der Waals surface area contributed by atoms with Gasteiger partial charge in [0.2, 0.25) is 5.82 Å². The van der Waals surface area contributed by atoms with Crippen LogP contribution in [0.3, 0.4) is 0 Å². The first-order chi connectivity index (χ1) is 17.9. The van der Waals surface area contributed by atoms with Gasteiger partial charge in [0.1, 0.15) is 11.4 Å². The molecule has 1 spiro atoms. The van der Waals surface area contributed by atoms with E-state index >= 15 is 0 Å². The number of carbonyl (C=O) groups is 1. The summed E-state index contributed by atoms with van der Waals surface area (Å²) in [7, 11) is 0. The van der Waals surface area contributed by atoms with Gasteiger partial charge < -0.3 is 14.7 Å². The number of para-hydroxylation sites is 1. The fraction of sp³-hybridized carbons (Fsp3) is 0.269. The molecule has 0 unspecified atom stereocenters. The van der Waals surface area contributed by atoms with Crippen molar-refractivity contribution in [3.05, 3.63) is 76.5 Å². The zero-order valence-corrected chi connectivity index (χ0v) is 21.5. The summed E-state index contributed by atoms with van der Waals surface area (Å²) in [6, 6.07) is 14.2. The van der Waals surface area contributed by atoms with Gasteiger partial charge in [-0.3, -0.25) is 4.79 Å². The van der Waals surface area contributed by atoms with E-state index in [4.69, 9.17) is 21.4 Å². The third-order valence-corrected chi connectivity index (χ3v) is 8.02. The van der Waals surface area contributed by atoms with Crippen LogP contribution in [-0.2, 0) is 11.3 Å². The molecule has 2 aromatic carbocycles. The molecule has 2 aromatic heterocycles. The fourth-order valence-corrected chi connectivity index (χ4v) is 5.91. The molecule has 4 heterocycles. The number of fused-ring (bicyclic) bond motifs is 1. The maximum Gasteiger partial charge on any atom is 0.327 e. The Morgan fingerprint density at radius 1 is 1.19 bits per heavy atom. The van der Waals surface area contributed by atoms with Gasteiger partial charge in [0, 0.05) is 42.1 Å². The predicted molar refractivity (Wildman–Crippen MR) is 141 cm³/mol. The Morgan fingerprint density at radius 3 is 2.81 bits per heavy atom. The maximum absolute atomic E-state index is 10.9. The number of carboxylic acids is 1. The summed E-state index contributed by atoms with van der Waals surface area (Å²) in [5.74, 6) is 0.219. The van der Waals surface area contributed by atoms with Gasteiger partial charge in [-0.2, -0.15) is 4.80 Å². The minimum absolute atomic E-state index is 0.334. The van der Waals surface area contributed by atoms with Crippen molar-refractivity contribution in [2.75, 3.05) is 18.0 Å². The van der Waals surface area contributed by atoms with Crippen LogP contribution in [0.15, 0.2) is 54.7 Å². The monoisotopic (exact) mass is 534 g/mol. The Kier molecular flexibility index (Phi) is 5.92. The zero-order chi connectivity index (χ0) is 25.6. The molecular weight excluding hydrogens is 512 g/mol. The molecule has 0 bridgehead atoms. The second-order valence-corrected chi connectivity index (χ2v) is 10.7. The SMILES string of the molecule is Cc1ccc(Cl)c(C2=CC3(CCN(c4ncc(-c5nnn(CC(=O)O)n5)s4)CC3)Oc3ccccc32)c1. The number of aromatic nitrogens is 5. The summed E-state index contributed by atoms with van der Waals surface area (Å²) in [6.45, 7) is 3.27. The van der Waals surface area contributed by atoms with E-state index in [-0.39, 0.29) is 6.54 Å². The average Bonchev–Trinajstić information content (AvgIpc) is 3.55. The highest BCUT2D eigenvalue weighted by atomic mass is 35.5. The number of rotatable bonds is 5. The van der Waals surface area contributed by atoms with Gasteiger partial charge in [-0.05, 0) is 42.0 Å². The first-order valence-corrected chi connectivity index (χ1v) is 13.1. The summed E-state index contributed by atoms with van der Waals surface area (Å²) >= 11 is 8.13. The van der Waals surface area contributed by atoms with Crippen molar-refractivity contribution < 1.29 is 14.6 Å². The molecule has 37 heavy (non-hydrogen) atoms. The molecule has 6 rings (SSSR count). The second-order valence-electron chi connectivity index (χ2n) is 9.24. The van der Waals surface area contributed by atoms with Crippen molar-refractivity contribution in [2.45, 2.75) is 31.9 Å². The van der Waals surface area contributed by atoms with Crippen LogP contribution in [0, 0.1) is 6.92 Å². The average molecular weight is 535 g/mol. The quantitative estimate of drug-likeness (QED) is 0.392. The van der Waals surface area contributed by atoms with Crippen LogP contribution < -0.4 is 9.64 Å². The van der Waals surface area contributed by atoms with Crippen molar-refractivity contribution in [2.24, 2.45) is 0 Å². The van der Waals surface area contributed by atoms with Crippen LogP contribution in [0.1, 0.15) is 29.5 Å². The van der Waals surface area contributed by atoms with Gasteiger partial charge in [0.15, 0.2) is 11.7 Å². The highest BCUT2D eigenvalue weighted by Gasteiger charge is 2.40. The van der Waals surface area contributed by atoms with E-state index in [1.807, 2.05) is 30.3 Å². The lowest BCUT2D eigenvalue weighted by Gasteiger charge is -2.43. The van der Waals surface area contributed by atoms with E-state index in [2.05, 4.69) is 50.4 Å². The Morgan fingerprint density at radius 2 is 2.00 bits per heavy atom. The van der Waals surface area contributed by atoms with E-state index in [1.54, 1.807) is 6.20 Å². The number of thiazole rings is 1. The number of ether oxygens (including phenoxy) is 1. The number of nitrogens with zero attached hydrogens (tertiary/aromatic N) is 6. The third kappa shape index (κ3) is 4.58. The van der Waals surface area contributed by atoms with Gasteiger partial charge in [0.05, 0.1) is 11.1 Å². The molecule has 2 aliphatic heterocycles. The topological polar surface area (TPSA) is 106 Å². The van der Waals surface area contributed by atoms with Crippen molar-refractivity contribution in [1.82, 2.24) is 25.2 Å². The molecule has 11 heteroatoms. The first-order valence-electron chi connectivity index (χ1n) is 11.9. The van der Waals surface area contributed by atoms with E-state index < -0.39 is 11.6 Å². The van der Waals surface area contributed by atoms with Gasteiger partial charge in [0.25, 0.3) is 0 Å². The smallest absolute Gasteiger partial charge is 0.327 e. The van der Waals surface area contributed by atoms with Crippen LogP contribution in [-0.4, -0.2) is 55.0 Å². The van der Waals surface area contributed by atoms with Crippen LogP contribution >= 0.6 is 22.9 Å². The highest BCUT2D eigenvalue weighted by Crippen LogP contribution is 2.45. The Bertz CT molecular complexity index is 1520. The molecule has 1 N–H and O–H groups in total. The lowest BCUT2D eigenvalue weighted by molar-refractivity contribution is -0.138. The highest BCUT2D eigenvalue weighted by molar-refractivity contribution is 7.18. The maximum atomic E-state index is 10.9. The van der Waals surface area contributed by atoms with E-state index in [9.17, 15) is 4.79 Å². The van der Waals surface area contributed by atoms with Crippen LogP contribution in [0.5, 0.6) is 5.75 Å². The lowest BCUT2D eigenvalue weighted by atomic mass is 9.82. The summed E-state index contributed by atoms with van der Waals surface area (Å²) in [5.41, 5.74) is 3.90. The van der Waals surface area contributed by atoms with Gasteiger partial charge in [-0.15, -0.1) is 10.2 Å². The molecule has 188 valence electrons. The molecule has 2 aliphatic rings. The normalized spacial score (nSPS) is 16.3. The Balaban J connectivity index is 1.24. The summed E-state index contributed by atoms with van der Waals surface area (Å²) < 4.78 is 6.63. The number of piperidine rings is 1. The number of hydrogen-bond acceptors (Lipinski definition) is 8. The first kappa shape index (κ1) is 23.6. The minimum atomic E-state index is -1.02. The van der Waals surface area contributed by atoms with Gasteiger partial charge >= 0.3 is 5.97 Å². The second kappa shape index (κ2) is 9.28. The number of halogens is 1. The number of anilines is 1. The standard InChI is InChI=1S/C26H23ClN6O3S/c1-16-6-7-20(27)18(12-16)19-13-26(36-21-5-3-2-4-17(19)21)8-10-32(11-9-26)25-28-14-22(37-25)24-29-31-33(30-24)15-23(34)35/h2-7,12-14H,8-11,15H2,1H3,(H,34,35). The Hall–Kier alpha value is -3.76. The molecule has 0 saturated carbocycles. The molecular formula is C26H23ClN6O3S. The van der Waals surface area contributed by atoms with Crippen LogP contribution in [0.25, 0.3) is 16.3 Å². The molecule has 1 fully saturated rings. The molecule has 0 radical (unpaired) electrons. The van der Waals surface area contributed by atoms with Gasteiger partial charge in [-0.1, -0.05) is 52.8 Å². The number of aliphatic carboxylic acids is 1. The van der Waals surface area contributed by atoms with Gasteiger partial charge in [-0.25, -0.2) is 4.98 Å². The molecule has 0 amide bonds. The number of aryl methyl sites for hydroxylation is 1. The van der Waals surface area contributed by atoms with E-state index in [1.165, 1.54) is 11.3 Å². The van der Waals surface area contributed by atoms with Crippen molar-refractivity contribution in [1.29, 1.82) is 0 Å². The molecule has 0 aliphatic carbocycles. The zero-order valence-electron chi connectivity index (χ0n) is 20.0. The summed E-state index contributed by atoms with van der Waals surface area (Å²) in [6.07, 6.45) is 5.54. The van der Waals surface area contributed by atoms with Crippen molar-refractivity contribution >= 4 is 39.6 Å². The van der Waals surface area contributed by atoms with Crippen LogP contribution in [0.4, 0.5) is 5.13 Å². The predicted octanol–water partition coefficient (Wildman–Crippen LogP) is 4.71. The van der Waals surface area contributed by atoms with E-state index in [0.29, 0.717) is 5.82 Å². The molecule has 9 nitrogen and oxygen atoms in total. The van der Waals surface area contributed by atoms with Crippen LogP contribution in [0.2, 0.25) is 5.02 Å². The largest absolute Gasteiger partial charge is 0.482 e. The third-order valence-electron chi connectivity index (χ3n) is 6.63. The summed E-state index contributed by atoms with van der Waals surface area (Å²) in [4.78, 5) is 19.5. The van der Waals surface area contributed by atoms with E-state index in [0.717, 1.165) is 73.8 Å². The number of carboxylic acid groups (broad SMARTS) is 1. The van der Waals surface area contributed by atoms with Crippen molar-refractivity contribution in [3.8, 4) is 16.5 Å². The van der Waals surface area contributed by atoms with Crippen molar-refractivity contribution in [3.63, 3.8) is 0 Å². The number of hydrogen-bond donors (Lipinski definition) is 1. The Labute approximate surface area is 222 Å².